The number of nitrogens with zero attached hydrogens (tertiary/aromatic N) is 3. The minimum absolute atomic E-state index is 0.0641. The maximum Gasteiger partial charge on any atom is 0.174 e. The third kappa shape index (κ3) is 4.46. The van der Waals surface area contributed by atoms with Gasteiger partial charge in [-0.1, -0.05) is 22.0 Å². The average Bonchev–Trinajstić information content (AvgIpc) is 3.36. The van der Waals surface area contributed by atoms with Crippen molar-refractivity contribution in [1.29, 1.82) is 0 Å². The van der Waals surface area contributed by atoms with Crippen molar-refractivity contribution in [3.63, 3.8) is 0 Å². The molecule has 0 bridgehead atoms. The predicted octanol–water partition coefficient (Wildman–Crippen LogP) is 6.83. The highest BCUT2D eigenvalue weighted by Gasteiger charge is 2.42. The van der Waals surface area contributed by atoms with Crippen molar-refractivity contribution in [3.8, 4) is 11.4 Å². The van der Waals surface area contributed by atoms with E-state index in [0.29, 0.717) is 11.7 Å². The number of benzene rings is 2. The number of nitrogens with one attached hydrogen (secondary N) is 1. The third-order valence-electron chi connectivity index (χ3n) is 6.40. The monoisotopic (exact) mass is 546 g/mol. The summed E-state index contributed by atoms with van der Waals surface area (Å²) >= 11 is 9.44. The summed E-state index contributed by atoms with van der Waals surface area (Å²) in [6.07, 6.45) is 1.84. The zero-order valence-electron chi connectivity index (χ0n) is 19.9. The first-order valence-corrected chi connectivity index (χ1v) is 12.9. The van der Waals surface area contributed by atoms with Gasteiger partial charge >= 0.3 is 0 Å². The molecule has 0 amide bonds. The van der Waals surface area contributed by atoms with Gasteiger partial charge < -0.3 is 19.5 Å². The third-order valence-corrected chi connectivity index (χ3v) is 7.24. The van der Waals surface area contributed by atoms with E-state index in [4.69, 9.17) is 17.0 Å². The first kappa shape index (κ1) is 23.6. The van der Waals surface area contributed by atoms with Crippen LogP contribution in [0.4, 0.5) is 5.69 Å². The Morgan fingerprint density at radius 2 is 1.71 bits per heavy atom. The Morgan fingerprint density at radius 3 is 2.37 bits per heavy atom. The zero-order chi connectivity index (χ0) is 24.5. The minimum Gasteiger partial charge on any atom is -0.494 e. The molecule has 5 rings (SSSR count). The van der Waals surface area contributed by atoms with E-state index >= 15 is 0 Å². The summed E-state index contributed by atoms with van der Waals surface area (Å²) < 4.78 is 9.03. The van der Waals surface area contributed by atoms with Crippen LogP contribution in [0.3, 0.4) is 0 Å². The molecule has 0 spiro atoms. The summed E-state index contributed by atoms with van der Waals surface area (Å²) in [5.74, 6) is 0.848. The molecular weight excluding hydrogens is 520 g/mol. The summed E-state index contributed by atoms with van der Waals surface area (Å²) in [4.78, 5) is 6.89. The largest absolute Gasteiger partial charge is 0.494 e. The van der Waals surface area contributed by atoms with Gasteiger partial charge in [-0.2, -0.15) is 0 Å². The number of hydrogen-bond donors (Lipinski definition) is 1. The molecule has 5 nitrogen and oxygen atoms in total. The first-order valence-electron chi connectivity index (χ1n) is 11.7. The van der Waals surface area contributed by atoms with Crippen molar-refractivity contribution in [2.75, 3.05) is 11.5 Å². The van der Waals surface area contributed by atoms with E-state index in [-0.39, 0.29) is 12.1 Å². The minimum atomic E-state index is -0.0888. The molecule has 2 atom stereocenters. The number of rotatable bonds is 6. The van der Waals surface area contributed by atoms with Gasteiger partial charge in [0.25, 0.3) is 0 Å². The van der Waals surface area contributed by atoms with Crippen LogP contribution >= 0.6 is 28.1 Å². The summed E-state index contributed by atoms with van der Waals surface area (Å²) in [6, 6.07) is 24.7. The number of hydrogen-bond acceptors (Lipinski definition) is 3. The van der Waals surface area contributed by atoms with E-state index in [1.165, 1.54) is 17.0 Å². The first-order chi connectivity index (χ1) is 17.0. The summed E-state index contributed by atoms with van der Waals surface area (Å²) in [7, 11) is 0. The Kier molecular flexibility index (Phi) is 6.62. The van der Waals surface area contributed by atoms with E-state index in [1.807, 2.05) is 37.4 Å². The molecule has 0 saturated carbocycles. The molecule has 0 aliphatic carbocycles. The number of halogens is 1. The van der Waals surface area contributed by atoms with Crippen molar-refractivity contribution in [2.45, 2.75) is 32.9 Å². The second-order valence-electron chi connectivity index (χ2n) is 8.56. The SMILES string of the molecule is CCOc1ccc(N2C(=S)N[C@H](c3ccccn3)[C@H]2c2cc(C)n(-c3ccc(Br)cc3)c2C)cc1. The molecule has 1 aliphatic rings. The Hall–Kier alpha value is -3.16. The number of thiocarbonyl (C=S) groups is 1. The molecule has 35 heavy (non-hydrogen) atoms. The Balaban J connectivity index is 1.63. The van der Waals surface area contributed by atoms with Crippen LogP contribution in [0.1, 0.15) is 41.7 Å². The topological polar surface area (TPSA) is 42.3 Å². The molecule has 1 aliphatic heterocycles. The van der Waals surface area contributed by atoms with Crippen molar-refractivity contribution in [1.82, 2.24) is 14.9 Å². The highest BCUT2D eigenvalue weighted by molar-refractivity contribution is 9.10. The summed E-state index contributed by atoms with van der Waals surface area (Å²) in [5.41, 5.74) is 6.67. The Labute approximate surface area is 219 Å². The Bertz CT molecular complexity index is 1340. The molecule has 2 aromatic carbocycles. The van der Waals surface area contributed by atoms with Crippen molar-refractivity contribution in [3.05, 3.63) is 106 Å². The Morgan fingerprint density at radius 1 is 1.00 bits per heavy atom. The molecule has 178 valence electrons. The van der Waals surface area contributed by atoms with Gasteiger partial charge in [0.05, 0.1) is 24.4 Å². The molecule has 1 fully saturated rings. The van der Waals surface area contributed by atoms with Crippen molar-refractivity contribution >= 4 is 38.9 Å². The van der Waals surface area contributed by atoms with Crippen LogP contribution in [0.2, 0.25) is 0 Å². The van der Waals surface area contributed by atoms with Gasteiger partial charge in [0, 0.05) is 33.4 Å². The molecule has 1 saturated heterocycles. The molecule has 2 aromatic heterocycles. The fraction of sp³-hybridized carbons (Fsp3) is 0.214. The number of pyridine rings is 1. The van der Waals surface area contributed by atoms with Gasteiger partial charge in [-0.25, -0.2) is 0 Å². The van der Waals surface area contributed by atoms with Crippen LogP contribution in [-0.4, -0.2) is 21.3 Å². The quantitative estimate of drug-likeness (QED) is 0.268. The van der Waals surface area contributed by atoms with E-state index in [9.17, 15) is 0 Å². The van der Waals surface area contributed by atoms with Crippen LogP contribution < -0.4 is 15.0 Å². The number of aryl methyl sites for hydroxylation is 1. The van der Waals surface area contributed by atoms with Gasteiger partial charge in [-0.15, -0.1) is 0 Å². The van der Waals surface area contributed by atoms with Crippen LogP contribution in [-0.2, 0) is 0 Å². The van der Waals surface area contributed by atoms with E-state index in [1.54, 1.807) is 0 Å². The smallest absolute Gasteiger partial charge is 0.174 e. The maximum atomic E-state index is 5.90. The lowest BCUT2D eigenvalue weighted by Crippen LogP contribution is -2.29. The van der Waals surface area contributed by atoms with Crippen LogP contribution in [0.25, 0.3) is 5.69 Å². The van der Waals surface area contributed by atoms with Gasteiger partial charge in [0.1, 0.15) is 5.75 Å². The normalized spacial score (nSPS) is 17.5. The fourth-order valence-electron chi connectivity index (χ4n) is 4.89. The molecule has 0 unspecified atom stereocenters. The van der Waals surface area contributed by atoms with Crippen LogP contribution in [0.5, 0.6) is 5.75 Å². The second kappa shape index (κ2) is 9.84. The lowest BCUT2D eigenvalue weighted by molar-refractivity contribution is 0.340. The lowest BCUT2D eigenvalue weighted by Gasteiger charge is -2.28. The zero-order valence-corrected chi connectivity index (χ0v) is 22.3. The second-order valence-corrected chi connectivity index (χ2v) is 9.86. The van der Waals surface area contributed by atoms with Gasteiger partial charge in [0.2, 0.25) is 0 Å². The molecule has 1 N–H and O–H groups in total. The van der Waals surface area contributed by atoms with Gasteiger partial charge in [-0.05, 0) is 105 Å². The fourth-order valence-corrected chi connectivity index (χ4v) is 5.50. The van der Waals surface area contributed by atoms with E-state index in [0.717, 1.165) is 27.3 Å². The summed E-state index contributed by atoms with van der Waals surface area (Å²) in [6.45, 7) is 6.95. The highest BCUT2D eigenvalue weighted by atomic mass is 79.9. The molecule has 3 heterocycles. The maximum absolute atomic E-state index is 5.90. The average molecular weight is 548 g/mol. The molecular formula is C28H27BrN4OS. The number of ether oxygens (including phenoxy) is 1. The molecule has 7 heteroatoms. The summed E-state index contributed by atoms with van der Waals surface area (Å²) in [5, 5.41) is 4.24. The van der Waals surface area contributed by atoms with Crippen LogP contribution in [0, 0.1) is 13.8 Å². The van der Waals surface area contributed by atoms with E-state index in [2.05, 4.69) is 98.1 Å². The lowest BCUT2D eigenvalue weighted by atomic mass is 9.96. The van der Waals surface area contributed by atoms with Crippen molar-refractivity contribution < 1.29 is 4.74 Å². The number of anilines is 1. The molecule has 4 aromatic rings. The van der Waals surface area contributed by atoms with Crippen molar-refractivity contribution in [2.24, 2.45) is 0 Å². The highest BCUT2D eigenvalue weighted by Crippen LogP contribution is 2.44. The van der Waals surface area contributed by atoms with Gasteiger partial charge in [-0.3, -0.25) is 4.98 Å². The standard InChI is InChI=1S/C28H27BrN4OS/c1-4-34-23-14-12-22(13-15-23)33-27(26(31-28(33)35)25-7-5-6-16-30-25)24-17-18(2)32(19(24)3)21-10-8-20(29)9-11-21/h5-17,26-27H,4H2,1-3H3,(H,31,35)/t26-,27-/m1/s1. The van der Waals surface area contributed by atoms with E-state index < -0.39 is 0 Å². The number of aromatic nitrogens is 2. The van der Waals surface area contributed by atoms with Gasteiger partial charge in [0.15, 0.2) is 5.11 Å². The van der Waals surface area contributed by atoms with Crippen LogP contribution in [0.15, 0.2) is 83.5 Å². The predicted molar refractivity (Wildman–Crippen MR) is 148 cm³/mol. The molecule has 0 radical (unpaired) electrons.